The van der Waals surface area contributed by atoms with Crippen molar-refractivity contribution in [3.63, 3.8) is 0 Å². The van der Waals surface area contributed by atoms with Gasteiger partial charge in [-0.3, -0.25) is 4.79 Å². The molecule has 0 spiro atoms. The summed E-state index contributed by atoms with van der Waals surface area (Å²) in [6.45, 7) is 5.55. The first kappa shape index (κ1) is 17.2. The summed E-state index contributed by atoms with van der Waals surface area (Å²) in [7, 11) is 0. The van der Waals surface area contributed by atoms with Crippen LogP contribution in [0.15, 0.2) is 48.5 Å². The highest BCUT2D eigenvalue weighted by atomic mass is 16.6. The number of rotatable bonds is 4. The minimum atomic E-state index is -0.523. The van der Waals surface area contributed by atoms with E-state index in [1.807, 2.05) is 63.2 Å². The lowest BCUT2D eigenvalue weighted by Crippen LogP contribution is -2.39. The summed E-state index contributed by atoms with van der Waals surface area (Å²) in [6, 6.07) is 15.5. The van der Waals surface area contributed by atoms with E-state index in [4.69, 9.17) is 4.74 Å². The van der Waals surface area contributed by atoms with Crippen LogP contribution in [0.4, 0.5) is 4.79 Å². The zero-order chi connectivity index (χ0) is 18.1. The molecule has 0 aromatic heterocycles. The van der Waals surface area contributed by atoms with Gasteiger partial charge in [0.25, 0.3) is 0 Å². The molecule has 25 heavy (non-hydrogen) atoms. The van der Waals surface area contributed by atoms with Crippen molar-refractivity contribution in [3.05, 3.63) is 59.7 Å². The van der Waals surface area contributed by atoms with Crippen LogP contribution in [0.25, 0.3) is 11.1 Å². The molecule has 0 unspecified atom stereocenters. The summed E-state index contributed by atoms with van der Waals surface area (Å²) in [5.74, 6) is 0. The van der Waals surface area contributed by atoms with E-state index in [2.05, 4.69) is 5.32 Å². The molecule has 2 aromatic carbocycles. The topological polar surface area (TPSA) is 55.4 Å². The van der Waals surface area contributed by atoms with Gasteiger partial charge in [0.15, 0.2) is 6.29 Å². The van der Waals surface area contributed by atoms with Gasteiger partial charge in [-0.25, -0.2) is 4.79 Å². The SMILES string of the molecule is CC(C)(C)OC(=O)NC1(c2cccc(-c3ccccc3C=O)c2)CC1. The van der Waals surface area contributed by atoms with Crippen LogP contribution in [0, 0.1) is 0 Å². The average Bonchev–Trinajstić information content (AvgIpc) is 3.33. The second kappa shape index (κ2) is 6.36. The van der Waals surface area contributed by atoms with Crippen LogP contribution in [0.2, 0.25) is 0 Å². The Hall–Kier alpha value is -2.62. The fourth-order valence-corrected chi connectivity index (χ4v) is 2.96. The maximum Gasteiger partial charge on any atom is 0.408 e. The smallest absolute Gasteiger partial charge is 0.408 e. The Morgan fingerprint density at radius 1 is 1.12 bits per heavy atom. The number of carbonyl (C=O) groups excluding carboxylic acids is 2. The highest BCUT2D eigenvalue weighted by molar-refractivity contribution is 5.87. The van der Waals surface area contributed by atoms with Crippen molar-refractivity contribution in [2.45, 2.75) is 44.8 Å². The third-order valence-corrected chi connectivity index (χ3v) is 4.30. The molecule has 130 valence electrons. The lowest BCUT2D eigenvalue weighted by atomic mass is 9.95. The van der Waals surface area contributed by atoms with Crippen LogP contribution in [0.1, 0.15) is 49.5 Å². The summed E-state index contributed by atoms with van der Waals surface area (Å²) >= 11 is 0. The zero-order valence-electron chi connectivity index (χ0n) is 14.8. The molecule has 4 heteroatoms. The Balaban J connectivity index is 1.87. The van der Waals surface area contributed by atoms with Crippen LogP contribution < -0.4 is 5.32 Å². The number of aldehydes is 1. The van der Waals surface area contributed by atoms with Crippen LogP contribution >= 0.6 is 0 Å². The zero-order valence-corrected chi connectivity index (χ0v) is 14.8. The van der Waals surface area contributed by atoms with Gasteiger partial charge >= 0.3 is 6.09 Å². The summed E-state index contributed by atoms with van der Waals surface area (Å²) in [6.07, 6.45) is 2.23. The number of carbonyl (C=O) groups is 2. The van der Waals surface area contributed by atoms with E-state index in [0.717, 1.165) is 35.8 Å². The Bertz CT molecular complexity index is 801. The molecular weight excluding hydrogens is 314 g/mol. The number of amides is 1. The molecule has 0 saturated heterocycles. The van der Waals surface area contributed by atoms with E-state index in [-0.39, 0.29) is 5.54 Å². The van der Waals surface area contributed by atoms with E-state index in [9.17, 15) is 9.59 Å². The normalized spacial score (nSPS) is 15.3. The van der Waals surface area contributed by atoms with Crippen LogP contribution in [-0.4, -0.2) is 18.0 Å². The van der Waals surface area contributed by atoms with Gasteiger partial charge in [-0.1, -0.05) is 42.5 Å². The highest BCUT2D eigenvalue weighted by Crippen LogP contribution is 2.46. The van der Waals surface area contributed by atoms with E-state index >= 15 is 0 Å². The number of nitrogens with one attached hydrogen (secondary N) is 1. The van der Waals surface area contributed by atoms with Crippen molar-refractivity contribution in [2.75, 3.05) is 0 Å². The second-order valence-electron chi connectivity index (χ2n) is 7.49. The second-order valence-corrected chi connectivity index (χ2v) is 7.49. The summed E-state index contributed by atoms with van der Waals surface area (Å²) in [5.41, 5.74) is 2.67. The van der Waals surface area contributed by atoms with Gasteiger partial charge in [0.2, 0.25) is 0 Å². The van der Waals surface area contributed by atoms with E-state index in [1.165, 1.54) is 0 Å². The molecule has 0 heterocycles. The molecular formula is C21H23NO3. The highest BCUT2D eigenvalue weighted by Gasteiger charge is 2.46. The molecule has 3 rings (SSSR count). The Labute approximate surface area is 148 Å². The van der Waals surface area contributed by atoms with Crippen LogP contribution in [0.5, 0.6) is 0 Å². The Morgan fingerprint density at radius 2 is 1.84 bits per heavy atom. The van der Waals surface area contributed by atoms with Crippen molar-refractivity contribution >= 4 is 12.4 Å². The van der Waals surface area contributed by atoms with Crippen molar-refractivity contribution in [1.29, 1.82) is 0 Å². The minimum absolute atomic E-state index is 0.367. The van der Waals surface area contributed by atoms with Crippen LogP contribution in [0.3, 0.4) is 0 Å². The molecule has 1 fully saturated rings. The quantitative estimate of drug-likeness (QED) is 0.824. The number of ether oxygens (including phenoxy) is 1. The standard InChI is InChI=1S/C21H23NO3/c1-20(2,3)25-19(24)22-21(11-12-21)17-9-6-8-15(13-17)18-10-5-4-7-16(18)14-23/h4-10,13-14H,11-12H2,1-3H3,(H,22,24). The molecule has 1 saturated carbocycles. The first-order valence-electron chi connectivity index (χ1n) is 8.49. The van der Waals surface area contributed by atoms with Gasteiger partial charge in [0, 0.05) is 5.56 Å². The van der Waals surface area contributed by atoms with Crippen molar-refractivity contribution in [2.24, 2.45) is 0 Å². The van der Waals surface area contributed by atoms with Gasteiger partial charge in [-0.15, -0.1) is 0 Å². The minimum Gasteiger partial charge on any atom is -0.444 e. The van der Waals surface area contributed by atoms with E-state index < -0.39 is 11.7 Å². The first-order valence-corrected chi connectivity index (χ1v) is 8.49. The fourth-order valence-electron chi connectivity index (χ4n) is 2.96. The molecule has 4 nitrogen and oxygen atoms in total. The molecule has 0 bridgehead atoms. The van der Waals surface area contributed by atoms with E-state index in [0.29, 0.717) is 5.56 Å². The molecule has 2 aromatic rings. The molecule has 0 radical (unpaired) electrons. The third kappa shape index (κ3) is 3.90. The number of hydrogen-bond donors (Lipinski definition) is 1. The molecule has 0 aliphatic heterocycles. The van der Waals surface area contributed by atoms with Gasteiger partial charge in [-0.05, 0) is 56.4 Å². The Kier molecular flexibility index (Phi) is 4.38. The monoisotopic (exact) mass is 337 g/mol. The third-order valence-electron chi connectivity index (χ3n) is 4.30. The fraction of sp³-hybridized carbons (Fsp3) is 0.333. The van der Waals surface area contributed by atoms with Crippen molar-refractivity contribution in [3.8, 4) is 11.1 Å². The molecule has 1 aliphatic carbocycles. The number of alkyl carbamates (subject to hydrolysis) is 1. The summed E-state index contributed by atoms with van der Waals surface area (Å²) in [4.78, 5) is 23.5. The number of hydrogen-bond acceptors (Lipinski definition) is 3. The summed E-state index contributed by atoms with van der Waals surface area (Å²) in [5, 5.41) is 3.02. The number of benzene rings is 2. The molecule has 1 aliphatic rings. The van der Waals surface area contributed by atoms with Gasteiger partial charge in [0.1, 0.15) is 5.60 Å². The molecule has 1 amide bonds. The molecule has 0 atom stereocenters. The first-order chi connectivity index (χ1) is 11.8. The maximum atomic E-state index is 12.2. The van der Waals surface area contributed by atoms with Crippen molar-refractivity contribution < 1.29 is 14.3 Å². The van der Waals surface area contributed by atoms with Gasteiger partial charge < -0.3 is 10.1 Å². The van der Waals surface area contributed by atoms with E-state index in [1.54, 1.807) is 6.07 Å². The van der Waals surface area contributed by atoms with Gasteiger partial charge in [-0.2, -0.15) is 0 Å². The van der Waals surface area contributed by atoms with Crippen molar-refractivity contribution in [1.82, 2.24) is 5.32 Å². The summed E-state index contributed by atoms with van der Waals surface area (Å²) < 4.78 is 5.39. The van der Waals surface area contributed by atoms with Gasteiger partial charge in [0.05, 0.1) is 5.54 Å². The average molecular weight is 337 g/mol. The maximum absolute atomic E-state index is 12.2. The predicted molar refractivity (Wildman–Crippen MR) is 97.5 cm³/mol. The lowest BCUT2D eigenvalue weighted by molar-refractivity contribution is 0.0495. The molecule has 1 N–H and O–H groups in total. The van der Waals surface area contributed by atoms with Crippen LogP contribution in [-0.2, 0) is 10.3 Å². The largest absolute Gasteiger partial charge is 0.444 e. The predicted octanol–water partition coefficient (Wildman–Crippen LogP) is 4.68. The lowest BCUT2D eigenvalue weighted by Gasteiger charge is -2.24. The Morgan fingerprint density at radius 3 is 2.48 bits per heavy atom.